The van der Waals surface area contributed by atoms with Crippen LogP contribution in [0, 0.1) is 0 Å². The molecule has 0 amide bonds. The minimum absolute atomic E-state index is 0.497. The van der Waals surface area contributed by atoms with Crippen molar-refractivity contribution in [3.63, 3.8) is 0 Å². The summed E-state index contributed by atoms with van der Waals surface area (Å²) in [7, 11) is 0. The van der Waals surface area contributed by atoms with Gasteiger partial charge in [0.05, 0.1) is 0 Å². The molecule has 1 aromatic heterocycles. The molecule has 5 nitrogen and oxygen atoms in total. The normalized spacial score (nSPS) is 14.4. The molecule has 0 fully saturated rings. The average molecular weight is 647 g/mol. The van der Waals surface area contributed by atoms with E-state index in [0.717, 1.165) is 61.8 Å². The number of benzene rings is 6. The SMILES string of the molecule is C=C1/C=C(N(c2ccccc2)c2ccc(-c3ccc(-c4nnc(-c5ccccc5)o4)cc3)cc2)\C=C/CN(c2ccccc2)c2ccccc21. The summed E-state index contributed by atoms with van der Waals surface area (Å²) in [4.78, 5) is 4.62. The molecule has 0 spiro atoms. The molecule has 2 heterocycles. The molecule has 0 saturated heterocycles. The van der Waals surface area contributed by atoms with Gasteiger partial charge in [0.2, 0.25) is 11.8 Å². The second-order valence-corrected chi connectivity index (χ2v) is 12.0. The van der Waals surface area contributed by atoms with E-state index in [-0.39, 0.29) is 0 Å². The fourth-order valence-electron chi connectivity index (χ4n) is 6.32. The van der Waals surface area contributed by atoms with Gasteiger partial charge in [0.25, 0.3) is 0 Å². The van der Waals surface area contributed by atoms with Crippen LogP contribution in [0.25, 0.3) is 39.6 Å². The zero-order valence-electron chi connectivity index (χ0n) is 27.4. The topological polar surface area (TPSA) is 45.4 Å². The van der Waals surface area contributed by atoms with Crippen molar-refractivity contribution >= 4 is 28.3 Å². The number of aromatic nitrogens is 2. The van der Waals surface area contributed by atoms with Crippen LogP contribution in [0.15, 0.2) is 199 Å². The van der Waals surface area contributed by atoms with Crippen molar-refractivity contribution in [3.05, 3.63) is 200 Å². The van der Waals surface area contributed by atoms with Crippen molar-refractivity contribution in [2.75, 3.05) is 16.3 Å². The van der Waals surface area contributed by atoms with E-state index in [1.165, 1.54) is 0 Å². The summed E-state index contributed by atoms with van der Waals surface area (Å²) < 4.78 is 5.98. The smallest absolute Gasteiger partial charge is 0.248 e. The predicted octanol–water partition coefficient (Wildman–Crippen LogP) is 11.5. The van der Waals surface area contributed by atoms with Gasteiger partial charge in [0, 0.05) is 51.7 Å². The Morgan fingerprint density at radius 1 is 0.540 bits per heavy atom. The quantitative estimate of drug-likeness (QED) is 0.172. The van der Waals surface area contributed by atoms with E-state index in [0.29, 0.717) is 18.3 Å². The highest BCUT2D eigenvalue weighted by Crippen LogP contribution is 2.38. The Bertz CT molecular complexity index is 2290. The lowest BCUT2D eigenvalue weighted by Crippen LogP contribution is -2.18. The van der Waals surface area contributed by atoms with Gasteiger partial charge >= 0.3 is 0 Å². The largest absolute Gasteiger partial charge is 0.416 e. The van der Waals surface area contributed by atoms with Gasteiger partial charge in [-0.2, -0.15) is 0 Å². The highest BCUT2D eigenvalue weighted by atomic mass is 16.4. The molecule has 0 unspecified atom stereocenters. The Kier molecular flexibility index (Phi) is 8.44. The van der Waals surface area contributed by atoms with Gasteiger partial charge < -0.3 is 14.2 Å². The maximum atomic E-state index is 5.98. The van der Waals surface area contributed by atoms with E-state index in [9.17, 15) is 0 Å². The van der Waals surface area contributed by atoms with Gasteiger partial charge in [-0.25, -0.2) is 0 Å². The number of fused-ring (bicyclic) bond motifs is 1. The predicted molar refractivity (Wildman–Crippen MR) is 205 cm³/mol. The second-order valence-electron chi connectivity index (χ2n) is 12.0. The summed E-state index contributed by atoms with van der Waals surface area (Å²) >= 11 is 0. The number of hydrogen-bond acceptors (Lipinski definition) is 5. The van der Waals surface area contributed by atoms with Crippen LogP contribution in [0.4, 0.5) is 22.7 Å². The first-order chi connectivity index (χ1) is 24.7. The molecule has 0 atom stereocenters. The summed E-state index contributed by atoms with van der Waals surface area (Å²) in [5, 5.41) is 8.53. The molecule has 6 aromatic carbocycles. The lowest BCUT2D eigenvalue weighted by atomic mass is 10.0. The second kappa shape index (κ2) is 13.8. The summed E-state index contributed by atoms with van der Waals surface area (Å²) in [5.74, 6) is 1.01. The van der Waals surface area contributed by atoms with Crippen molar-refractivity contribution in [2.24, 2.45) is 0 Å². The van der Waals surface area contributed by atoms with Gasteiger partial charge in [-0.3, -0.25) is 0 Å². The van der Waals surface area contributed by atoms with Crippen molar-refractivity contribution in [3.8, 4) is 34.0 Å². The molecule has 0 radical (unpaired) electrons. The summed E-state index contributed by atoms with van der Waals surface area (Å²) in [6, 6.07) is 56.2. The van der Waals surface area contributed by atoms with E-state index < -0.39 is 0 Å². The van der Waals surface area contributed by atoms with Crippen LogP contribution < -0.4 is 9.80 Å². The first-order valence-corrected chi connectivity index (χ1v) is 16.7. The molecule has 240 valence electrons. The summed E-state index contributed by atoms with van der Waals surface area (Å²) in [5.41, 5.74) is 11.4. The third kappa shape index (κ3) is 6.28. The van der Waals surface area contributed by atoms with Gasteiger partial charge in [0.15, 0.2) is 0 Å². The zero-order valence-corrected chi connectivity index (χ0v) is 27.4. The third-order valence-electron chi connectivity index (χ3n) is 8.82. The minimum Gasteiger partial charge on any atom is -0.416 e. The lowest BCUT2D eigenvalue weighted by molar-refractivity contribution is 0.584. The van der Waals surface area contributed by atoms with Crippen LogP contribution in [-0.2, 0) is 0 Å². The molecule has 0 bridgehead atoms. The Morgan fingerprint density at radius 3 is 1.74 bits per heavy atom. The van der Waals surface area contributed by atoms with Crippen LogP contribution in [0.3, 0.4) is 0 Å². The number of allylic oxidation sites excluding steroid dienone is 3. The monoisotopic (exact) mass is 646 g/mol. The van der Waals surface area contributed by atoms with Crippen molar-refractivity contribution in [1.29, 1.82) is 0 Å². The zero-order chi connectivity index (χ0) is 33.7. The first kappa shape index (κ1) is 30.6. The molecule has 1 aliphatic heterocycles. The van der Waals surface area contributed by atoms with Crippen LogP contribution in [-0.4, -0.2) is 16.7 Å². The van der Waals surface area contributed by atoms with E-state index in [4.69, 9.17) is 4.42 Å². The Labute approximate surface area is 292 Å². The molecule has 50 heavy (non-hydrogen) atoms. The number of anilines is 4. The summed E-state index contributed by atoms with van der Waals surface area (Å²) in [6.45, 7) is 5.28. The van der Waals surface area contributed by atoms with Crippen LogP contribution in [0.2, 0.25) is 0 Å². The molecular formula is C45H34N4O. The number of nitrogens with zero attached hydrogens (tertiary/aromatic N) is 4. The van der Waals surface area contributed by atoms with E-state index >= 15 is 0 Å². The molecular weight excluding hydrogens is 613 g/mol. The van der Waals surface area contributed by atoms with Crippen LogP contribution in [0.5, 0.6) is 0 Å². The highest BCUT2D eigenvalue weighted by molar-refractivity contribution is 5.87. The number of rotatable bonds is 7. The van der Waals surface area contributed by atoms with E-state index in [1.54, 1.807) is 0 Å². The fourth-order valence-corrected chi connectivity index (χ4v) is 6.32. The fraction of sp³-hybridized carbons (Fsp3) is 0.0222. The lowest BCUT2D eigenvalue weighted by Gasteiger charge is -2.27. The van der Waals surface area contributed by atoms with E-state index in [2.05, 4.69) is 160 Å². The van der Waals surface area contributed by atoms with Crippen LogP contribution in [0.1, 0.15) is 5.56 Å². The molecule has 8 rings (SSSR count). The average Bonchev–Trinajstić information content (AvgIpc) is 3.70. The third-order valence-corrected chi connectivity index (χ3v) is 8.82. The van der Waals surface area contributed by atoms with Gasteiger partial charge in [-0.05, 0) is 95.6 Å². The van der Waals surface area contributed by atoms with Gasteiger partial charge in [-0.1, -0.05) is 110 Å². The Balaban J connectivity index is 1.11. The van der Waals surface area contributed by atoms with Crippen molar-refractivity contribution in [1.82, 2.24) is 10.2 Å². The Morgan fingerprint density at radius 2 is 1.06 bits per heavy atom. The molecule has 5 heteroatoms. The standard InChI is InChI=1S/C45H34N4O/c1-33-32-41(20-13-31-48(38-16-7-3-8-17-38)43-22-12-11-21-42(33)43)49(39-18-9-4-10-19-39)40-29-27-35(28-30-40)34-23-25-37(26-24-34)45-47-46-44(50-45)36-14-5-2-6-15-36/h2-30,32H,1,31H2/b20-13-,41-32+. The maximum Gasteiger partial charge on any atom is 0.248 e. The van der Waals surface area contributed by atoms with E-state index in [1.807, 2.05) is 48.5 Å². The molecule has 0 aliphatic carbocycles. The van der Waals surface area contributed by atoms with Crippen molar-refractivity contribution in [2.45, 2.75) is 0 Å². The highest BCUT2D eigenvalue weighted by Gasteiger charge is 2.19. The first-order valence-electron chi connectivity index (χ1n) is 16.7. The number of para-hydroxylation sites is 3. The van der Waals surface area contributed by atoms with Crippen LogP contribution >= 0.6 is 0 Å². The molecule has 0 N–H and O–H groups in total. The van der Waals surface area contributed by atoms with Gasteiger partial charge in [-0.15, -0.1) is 10.2 Å². The molecule has 7 aromatic rings. The Hall–Kier alpha value is -6.72. The molecule has 1 aliphatic rings. The van der Waals surface area contributed by atoms with Crippen molar-refractivity contribution < 1.29 is 4.42 Å². The summed E-state index contributed by atoms with van der Waals surface area (Å²) in [6.07, 6.45) is 6.61. The molecule has 0 saturated carbocycles. The van der Waals surface area contributed by atoms with Gasteiger partial charge in [0.1, 0.15) is 0 Å². The minimum atomic E-state index is 0.497. The number of hydrogen-bond donors (Lipinski definition) is 0. The maximum absolute atomic E-state index is 5.98.